The van der Waals surface area contributed by atoms with E-state index < -0.39 is 0 Å². The second-order valence-electron chi connectivity index (χ2n) is 5.18. The normalized spacial score (nSPS) is 23.2. The predicted molar refractivity (Wildman–Crippen MR) is 79.3 cm³/mol. The van der Waals surface area contributed by atoms with Crippen molar-refractivity contribution in [2.24, 2.45) is 0 Å². The maximum absolute atomic E-state index is 12.3. The van der Waals surface area contributed by atoms with Crippen molar-refractivity contribution in [3.63, 3.8) is 0 Å². The number of amides is 1. The van der Waals surface area contributed by atoms with Gasteiger partial charge >= 0.3 is 0 Å². The molecule has 0 unspecified atom stereocenters. The molecule has 0 aromatic heterocycles. The molecule has 2 atom stereocenters. The van der Waals surface area contributed by atoms with Gasteiger partial charge < -0.3 is 9.64 Å². The fourth-order valence-electron chi connectivity index (χ4n) is 2.69. The second-order valence-corrected chi connectivity index (χ2v) is 6.09. The molecule has 0 bridgehead atoms. The van der Waals surface area contributed by atoms with E-state index in [0.29, 0.717) is 12.1 Å². The fraction of sp³-hybridized carbons (Fsp3) is 0.533. The van der Waals surface area contributed by atoms with E-state index in [-0.39, 0.29) is 12.5 Å². The quantitative estimate of drug-likeness (QED) is 0.849. The average Bonchev–Trinajstić information content (AvgIpc) is 2.36. The van der Waals surface area contributed by atoms with Gasteiger partial charge in [0.25, 0.3) is 5.91 Å². The largest absolute Gasteiger partial charge is 0.484 e. The molecule has 0 aliphatic carbocycles. The zero-order valence-electron chi connectivity index (χ0n) is 11.4. The lowest BCUT2D eigenvalue weighted by molar-refractivity contribution is -0.139. The molecule has 0 radical (unpaired) electrons. The lowest BCUT2D eigenvalue weighted by Gasteiger charge is -2.38. The molecule has 0 spiro atoms. The van der Waals surface area contributed by atoms with Gasteiger partial charge in [-0.2, -0.15) is 0 Å². The van der Waals surface area contributed by atoms with Crippen LogP contribution < -0.4 is 4.74 Å². The number of nitrogens with zero attached hydrogens (tertiary/aromatic N) is 1. The highest BCUT2D eigenvalue weighted by Gasteiger charge is 2.28. The van der Waals surface area contributed by atoms with Crippen LogP contribution in [0.5, 0.6) is 5.75 Å². The highest BCUT2D eigenvalue weighted by molar-refractivity contribution is 9.10. The number of likely N-dealkylation sites (tertiary alicyclic amines) is 1. The van der Waals surface area contributed by atoms with E-state index in [1.54, 1.807) is 0 Å². The van der Waals surface area contributed by atoms with E-state index in [1.165, 1.54) is 6.42 Å². The number of rotatable bonds is 3. The molecule has 104 valence electrons. The third-order valence-electron chi connectivity index (χ3n) is 3.64. The minimum absolute atomic E-state index is 0.0830. The summed E-state index contributed by atoms with van der Waals surface area (Å²) in [5.41, 5.74) is 0. The third-order valence-corrected chi connectivity index (χ3v) is 4.13. The third kappa shape index (κ3) is 3.72. The molecule has 19 heavy (non-hydrogen) atoms. The van der Waals surface area contributed by atoms with Crippen LogP contribution in [0.25, 0.3) is 0 Å². The Bertz CT molecular complexity index is 440. The zero-order chi connectivity index (χ0) is 13.8. The maximum atomic E-state index is 12.3. The monoisotopic (exact) mass is 325 g/mol. The van der Waals surface area contributed by atoms with Gasteiger partial charge in [0.2, 0.25) is 0 Å². The summed E-state index contributed by atoms with van der Waals surface area (Å²) in [6, 6.07) is 8.21. The van der Waals surface area contributed by atoms with Crippen LogP contribution in [0.3, 0.4) is 0 Å². The van der Waals surface area contributed by atoms with Gasteiger partial charge in [0.15, 0.2) is 6.61 Å². The topological polar surface area (TPSA) is 29.5 Å². The molecular formula is C15H20BrNO2. The van der Waals surface area contributed by atoms with Crippen molar-refractivity contribution in [3.05, 3.63) is 28.7 Å². The van der Waals surface area contributed by atoms with Crippen LogP contribution in [-0.4, -0.2) is 29.5 Å². The van der Waals surface area contributed by atoms with Gasteiger partial charge in [0, 0.05) is 16.6 Å². The highest BCUT2D eigenvalue weighted by Crippen LogP contribution is 2.23. The van der Waals surface area contributed by atoms with Crippen LogP contribution in [0, 0.1) is 0 Å². The summed E-state index contributed by atoms with van der Waals surface area (Å²) in [5.74, 6) is 0.805. The molecule has 1 aliphatic rings. The molecule has 1 aromatic rings. The highest BCUT2D eigenvalue weighted by atomic mass is 79.9. The first-order valence-electron chi connectivity index (χ1n) is 6.77. The summed E-state index contributed by atoms with van der Waals surface area (Å²) in [5, 5.41) is 0. The molecule has 1 fully saturated rings. The second kappa shape index (κ2) is 6.42. The van der Waals surface area contributed by atoms with E-state index in [0.717, 1.165) is 23.1 Å². The number of hydrogen-bond donors (Lipinski definition) is 0. The predicted octanol–water partition coefficient (Wildman–Crippen LogP) is 3.62. The number of benzene rings is 1. The lowest BCUT2D eigenvalue weighted by Crippen LogP contribution is -2.49. The Morgan fingerprint density at radius 3 is 2.68 bits per heavy atom. The van der Waals surface area contributed by atoms with Crippen LogP contribution >= 0.6 is 15.9 Å². The van der Waals surface area contributed by atoms with Crippen LogP contribution in [-0.2, 0) is 4.79 Å². The van der Waals surface area contributed by atoms with Gasteiger partial charge in [0.1, 0.15) is 5.75 Å². The van der Waals surface area contributed by atoms with E-state index in [2.05, 4.69) is 29.8 Å². The van der Waals surface area contributed by atoms with Gasteiger partial charge in [-0.3, -0.25) is 4.79 Å². The standard InChI is InChI=1S/C15H20BrNO2/c1-11-5-3-6-12(2)17(11)15(18)10-19-14-8-4-7-13(16)9-14/h4,7-9,11-12H,3,5-6,10H2,1-2H3/t11-,12+. The first-order chi connectivity index (χ1) is 9.08. The molecule has 0 N–H and O–H groups in total. The molecule has 1 heterocycles. The molecular weight excluding hydrogens is 306 g/mol. The Hall–Kier alpha value is -1.03. The van der Waals surface area contributed by atoms with Crippen LogP contribution in [0.15, 0.2) is 28.7 Å². The van der Waals surface area contributed by atoms with Crippen molar-refractivity contribution in [1.82, 2.24) is 4.90 Å². The van der Waals surface area contributed by atoms with Crippen molar-refractivity contribution in [1.29, 1.82) is 0 Å². The number of piperidine rings is 1. The lowest BCUT2D eigenvalue weighted by atomic mass is 9.97. The number of carbonyl (C=O) groups is 1. The summed E-state index contributed by atoms with van der Waals surface area (Å²) < 4.78 is 6.53. The van der Waals surface area contributed by atoms with E-state index in [4.69, 9.17) is 4.74 Å². The van der Waals surface area contributed by atoms with Crippen LogP contribution in [0.2, 0.25) is 0 Å². The molecule has 1 aliphatic heterocycles. The number of hydrogen-bond acceptors (Lipinski definition) is 2. The molecule has 1 amide bonds. The molecule has 0 saturated carbocycles. The van der Waals surface area contributed by atoms with Crippen molar-refractivity contribution >= 4 is 21.8 Å². The van der Waals surface area contributed by atoms with Gasteiger partial charge in [-0.25, -0.2) is 0 Å². The summed E-state index contributed by atoms with van der Waals surface area (Å²) in [7, 11) is 0. The van der Waals surface area contributed by atoms with E-state index in [1.807, 2.05) is 29.2 Å². The number of carbonyl (C=O) groups excluding carboxylic acids is 1. The first kappa shape index (κ1) is 14.4. The molecule has 2 rings (SSSR count). The summed E-state index contributed by atoms with van der Waals surface area (Å²) in [6.07, 6.45) is 3.39. The maximum Gasteiger partial charge on any atom is 0.260 e. The molecule has 4 heteroatoms. The molecule has 3 nitrogen and oxygen atoms in total. The Balaban J connectivity index is 1.93. The fourth-order valence-corrected chi connectivity index (χ4v) is 3.07. The van der Waals surface area contributed by atoms with Crippen LogP contribution in [0.4, 0.5) is 0 Å². The van der Waals surface area contributed by atoms with Crippen molar-refractivity contribution in [3.8, 4) is 5.75 Å². The van der Waals surface area contributed by atoms with E-state index >= 15 is 0 Å². The molecule has 1 aromatic carbocycles. The number of halogens is 1. The first-order valence-corrected chi connectivity index (χ1v) is 7.57. The van der Waals surface area contributed by atoms with Crippen molar-refractivity contribution in [2.75, 3.05) is 6.61 Å². The van der Waals surface area contributed by atoms with Gasteiger partial charge in [-0.1, -0.05) is 22.0 Å². The minimum atomic E-state index is 0.0830. The smallest absolute Gasteiger partial charge is 0.260 e. The van der Waals surface area contributed by atoms with E-state index in [9.17, 15) is 4.79 Å². The van der Waals surface area contributed by atoms with Crippen LogP contribution in [0.1, 0.15) is 33.1 Å². The Morgan fingerprint density at radius 1 is 1.37 bits per heavy atom. The number of ether oxygens (including phenoxy) is 1. The SMILES string of the molecule is C[C@@H]1CCC[C@H](C)N1C(=O)COc1cccc(Br)c1. The summed E-state index contributed by atoms with van der Waals surface area (Å²) in [4.78, 5) is 14.2. The van der Waals surface area contributed by atoms with Gasteiger partial charge in [-0.15, -0.1) is 0 Å². The van der Waals surface area contributed by atoms with Gasteiger partial charge in [-0.05, 0) is 51.3 Å². The summed E-state index contributed by atoms with van der Waals surface area (Å²) >= 11 is 3.39. The van der Waals surface area contributed by atoms with Crippen molar-refractivity contribution in [2.45, 2.75) is 45.2 Å². The van der Waals surface area contributed by atoms with Crippen molar-refractivity contribution < 1.29 is 9.53 Å². The Labute approximate surface area is 123 Å². The Morgan fingerprint density at radius 2 is 2.05 bits per heavy atom. The molecule has 1 saturated heterocycles. The minimum Gasteiger partial charge on any atom is -0.484 e. The van der Waals surface area contributed by atoms with Gasteiger partial charge in [0.05, 0.1) is 0 Å². The Kier molecular flexibility index (Phi) is 4.86. The summed E-state index contributed by atoms with van der Waals surface area (Å²) in [6.45, 7) is 4.35. The zero-order valence-corrected chi connectivity index (χ0v) is 13.0. The average molecular weight is 326 g/mol.